The molecule has 1 unspecified atom stereocenters. The normalized spacial score (nSPS) is 22.0. The number of hydrogen-bond donors (Lipinski definition) is 1. The molecule has 0 aliphatic heterocycles. The minimum absolute atomic E-state index is 0.263. The number of likely N-dealkylation sites (N-methyl/N-ethyl adjacent to an activating group) is 1. The van der Waals surface area contributed by atoms with Gasteiger partial charge in [-0.2, -0.15) is 0 Å². The largest absolute Gasteiger partial charge is 0.326 e. The average molecular weight is 224 g/mol. The van der Waals surface area contributed by atoms with Crippen molar-refractivity contribution in [1.29, 1.82) is 0 Å². The fraction of sp³-hybridized carbons (Fsp3) is 0.857. The van der Waals surface area contributed by atoms with Gasteiger partial charge in [0.2, 0.25) is 0 Å². The van der Waals surface area contributed by atoms with Gasteiger partial charge in [-0.1, -0.05) is 25.3 Å². The van der Waals surface area contributed by atoms with Crippen molar-refractivity contribution in [1.82, 2.24) is 4.90 Å². The molecular formula is C14H28N2. The summed E-state index contributed by atoms with van der Waals surface area (Å²) >= 11 is 0. The van der Waals surface area contributed by atoms with Crippen LogP contribution in [0.15, 0.2) is 12.7 Å². The minimum atomic E-state index is 0.263. The Hall–Kier alpha value is -0.340. The van der Waals surface area contributed by atoms with Crippen molar-refractivity contribution in [2.45, 2.75) is 62.9 Å². The van der Waals surface area contributed by atoms with E-state index in [4.69, 9.17) is 5.73 Å². The highest BCUT2D eigenvalue weighted by molar-refractivity contribution is 4.99. The van der Waals surface area contributed by atoms with Crippen LogP contribution in [0, 0.1) is 0 Å². The van der Waals surface area contributed by atoms with Crippen molar-refractivity contribution >= 4 is 0 Å². The van der Waals surface area contributed by atoms with Crippen molar-refractivity contribution in [2.75, 3.05) is 14.1 Å². The van der Waals surface area contributed by atoms with Crippen LogP contribution >= 0.6 is 0 Å². The Morgan fingerprint density at radius 3 is 2.44 bits per heavy atom. The van der Waals surface area contributed by atoms with Crippen LogP contribution in [0.4, 0.5) is 0 Å². The Bertz CT molecular complexity index is 205. The van der Waals surface area contributed by atoms with Crippen LogP contribution in [0.3, 0.4) is 0 Å². The van der Waals surface area contributed by atoms with Crippen molar-refractivity contribution in [2.24, 2.45) is 5.73 Å². The van der Waals surface area contributed by atoms with Gasteiger partial charge < -0.3 is 10.6 Å². The highest BCUT2D eigenvalue weighted by Gasteiger charge is 2.39. The summed E-state index contributed by atoms with van der Waals surface area (Å²) in [7, 11) is 4.39. The first-order chi connectivity index (χ1) is 7.63. The lowest BCUT2D eigenvalue weighted by Crippen LogP contribution is -2.58. The number of hydrogen-bond acceptors (Lipinski definition) is 2. The molecule has 1 rings (SSSR count). The number of nitrogens with two attached hydrogens (primary N) is 1. The molecule has 94 valence electrons. The molecule has 0 aromatic rings. The van der Waals surface area contributed by atoms with Gasteiger partial charge in [-0.25, -0.2) is 0 Å². The summed E-state index contributed by atoms with van der Waals surface area (Å²) in [5.74, 6) is 0. The van der Waals surface area contributed by atoms with E-state index in [0.29, 0.717) is 6.04 Å². The van der Waals surface area contributed by atoms with Gasteiger partial charge in [0.15, 0.2) is 0 Å². The molecule has 0 saturated heterocycles. The van der Waals surface area contributed by atoms with E-state index in [1.165, 1.54) is 38.5 Å². The van der Waals surface area contributed by atoms with Crippen LogP contribution in [0.25, 0.3) is 0 Å². The molecule has 0 bridgehead atoms. The predicted molar refractivity (Wildman–Crippen MR) is 71.5 cm³/mol. The van der Waals surface area contributed by atoms with Crippen LogP contribution < -0.4 is 5.73 Å². The smallest absolute Gasteiger partial charge is 0.0354 e. The molecule has 16 heavy (non-hydrogen) atoms. The summed E-state index contributed by atoms with van der Waals surface area (Å²) in [5.41, 5.74) is 6.71. The fourth-order valence-electron chi connectivity index (χ4n) is 3.06. The number of nitrogens with zero attached hydrogens (tertiary/aromatic N) is 1. The maximum Gasteiger partial charge on any atom is 0.0354 e. The van der Waals surface area contributed by atoms with Gasteiger partial charge in [-0.3, -0.25) is 0 Å². The molecule has 2 heteroatoms. The average Bonchev–Trinajstić information content (AvgIpc) is 2.30. The summed E-state index contributed by atoms with van der Waals surface area (Å²) < 4.78 is 0. The first-order valence-electron chi connectivity index (χ1n) is 6.67. The molecule has 1 aliphatic carbocycles. The molecule has 0 amide bonds. The maximum atomic E-state index is 6.45. The molecule has 0 radical (unpaired) electrons. The molecular weight excluding hydrogens is 196 g/mol. The van der Waals surface area contributed by atoms with Gasteiger partial charge >= 0.3 is 0 Å². The quantitative estimate of drug-likeness (QED) is 0.555. The Balaban J connectivity index is 2.57. The second-order valence-corrected chi connectivity index (χ2v) is 5.38. The van der Waals surface area contributed by atoms with E-state index in [9.17, 15) is 0 Å². The highest BCUT2D eigenvalue weighted by Crippen LogP contribution is 2.35. The third-order valence-corrected chi connectivity index (χ3v) is 4.22. The summed E-state index contributed by atoms with van der Waals surface area (Å²) in [6.07, 6.45) is 12.0. The monoisotopic (exact) mass is 224 g/mol. The first kappa shape index (κ1) is 13.7. The van der Waals surface area contributed by atoms with E-state index >= 15 is 0 Å². The Labute approximate surface area is 101 Å². The number of allylic oxidation sites excluding steroid dienone is 1. The second-order valence-electron chi connectivity index (χ2n) is 5.38. The van der Waals surface area contributed by atoms with Gasteiger partial charge in [0.25, 0.3) is 0 Å². The van der Waals surface area contributed by atoms with E-state index in [2.05, 4.69) is 25.6 Å². The van der Waals surface area contributed by atoms with Gasteiger partial charge in [0, 0.05) is 11.6 Å². The van der Waals surface area contributed by atoms with Crippen molar-refractivity contribution in [3.05, 3.63) is 12.7 Å². The lowest BCUT2D eigenvalue weighted by molar-refractivity contribution is 0.0678. The minimum Gasteiger partial charge on any atom is -0.326 e. The van der Waals surface area contributed by atoms with Gasteiger partial charge in [0.1, 0.15) is 0 Å². The van der Waals surface area contributed by atoms with Crippen molar-refractivity contribution in [3.63, 3.8) is 0 Å². The standard InChI is InChI=1S/C14H28N2/c1-4-5-7-10-13(15)14(16(2)3)11-8-6-9-12-14/h4,13H,1,5-12,15H2,2-3H3. The van der Waals surface area contributed by atoms with Crippen LogP contribution in [-0.4, -0.2) is 30.6 Å². The molecule has 0 spiro atoms. The van der Waals surface area contributed by atoms with E-state index in [0.717, 1.165) is 12.8 Å². The Morgan fingerprint density at radius 1 is 1.31 bits per heavy atom. The van der Waals surface area contributed by atoms with Gasteiger partial charge in [0.05, 0.1) is 0 Å². The number of rotatable bonds is 6. The molecule has 0 heterocycles. The third kappa shape index (κ3) is 3.08. The van der Waals surface area contributed by atoms with Crippen LogP contribution in [0.5, 0.6) is 0 Å². The highest BCUT2D eigenvalue weighted by atomic mass is 15.2. The maximum absolute atomic E-state index is 6.45. The summed E-state index contributed by atoms with van der Waals surface area (Å²) in [4.78, 5) is 2.38. The Morgan fingerprint density at radius 2 is 1.94 bits per heavy atom. The molecule has 0 aromatic carbocycles. The molecule has 1 aliphatic rings. The summed E-state index contributed by atoms with van der Waals surface area (Å²) in [6.45, 7) is 3.77. The van der Waals surface area contributed by atoms with Crippen LogP contribution in [0.1, 0.15) is 51.4 Å². The zero-order chi connectivity index (χ0) is 12.0. The van der Waals surface area contributed by atoms with Crippen molar-refractivity contribution < 1.29 is 0 Å². The summed E-state index contributed by atoms with van der Waals surface area (Å²) in [6, 6.07) is 0.322. The van der Waals surface area contributed by atoms with Crippen LogP contribution in [0.2, 0.25) is 0 Å². The molecule has 2 nitrogen and oxygen atoms in total. The predicted octanol–water partition coefficient (Wildman–Crippen LogP) is 2.93. The van der Waals surface area contributed by atoms with Gasteiger partial charge in [-0.05, 0) is 46.2 Å². The molecule has 2 N–H and O–H groups in total. The summed E-state index contributed by atoms with van der Waals surface area (Å²) in [5, 5.41) is 0. The lowest BCUT2D eigenvalue weighted by atomic mass is 9.74. The fourth-order valence-corrected chi connectivity index (χ4v) is 3.06. The topological polar surface area (TPSA) is 29.3 Å². The first-order valence-corrected chi connectivity index (χ1v) is 6.67. The lowest BCUT2D eigenvalue weighted by Gasteiger charge is -2.47. The second kappa shape index (κ2) is 6.41. The zero-order valence-corrected chi connectivity index (χ0v) is 11.0. The molecule has 1 fully saturated rings. The van der Waals surface area contributed by atoms with Crippen molar-refractivity contribution in [3.8, 4) is 0 Å². The zero-order valence-electron chi connectivity index (χ0n) is 11.0. The molecule has 1 saturated carbocycles. The van der Waals surface area contributed by atoms with E-state index < -0.39 is 0 Å². The van der Waals surface area contributed by atoms with E-state index in [-0.39, 0.29) is 5.54 Å². The Kier molecular flexibility index (Phi) is 5.50. The molecule has 0 aromatic heterocycles. The van der Waals surface area contributed by atoms with E-state index in [1.54, 1.807) is 0 Å². The molecule has 1 atom stereocenters. The van der Waals surface area contributed by atoms with E-state index in [1.807, 2.05) is 6.08 Å². The van der Waals surface area contributed by atoms with Crippen LogP contribution in [-0.2, 0) is 0 Å². The SMILES string of the molecule is C=CCCCC(N)C1(N(C)C)CCCCC1. The third-order valence-electron chi connectivity index (χ3n) is 4.22. The number of unbranched alkanes of at least 4 members (excludes halogenated alkanes) is 1. The van der Waals surface area contributed by atoms with Gasteiger partial charge in [-0.15, -0.1) is 6.58 Å².